The quantitative estimate of drug-likeness (QED) is 0.555. The van der Waals surface area contributed by atoms with Crippen molar-refractivity contribution in [1.29, 1.82) is 0 Å². The number of hydrogen-bond acceptors (Lipinski definition) is 2. The van der Waals surface area contributed by atoms with E-state index in [-0.39, 0.29) is 0 Å². The van der Waals surface area contributed by atoms with Gasteiger partial charge < -0.3 is 10.2 Å². The van der Waals surface area contributed by atoms with Gasteiger partial charge in [-0.1, -0.05) is 6.58 Å². The van der Waals surface area contributed by atoms with Crippen molar-refractivity contribution in [1.82, 2.24) is 0 Å². The van der Waals surface area contributed by atoms with Gasteiger partial charge in [0.2, 0.25) is 5.41 Å². The maximum absolute atomic E-state index is 13.3. The van der Waals surface area contributed by atoms with Crippen molar-refractivity contribution in [2.75, 3.05) is 13.3 Å². The molecule has 10 heteroatoms. The second-order valence-corrected chi connectivity index (χ2v) is 3.52. The number of aliphatic carboxylic acids is 2. The summed E-state index contributed by atoms with van der Waals surface area (Å²) in [5.74, 6) is -16.4. The molecule has 0 bridgehead atoms. The maximum Gasteiger partial charge on any atom is 0.332 e. The fourth-order valence-corrected chi connectivity index (χ4v) is 1.51. The van der Waals surface area contributed by atoms with Crippen LogP contribution in [-0.2, 0) is 9.59 Å². The highest BCUT2D eigenvalue weighted by Crippen LogP contribution is 2.53. The van der Waals surface area contributed by atoms with Crippen molar-refractivity contribution in [3.63, 3.8) is 0 Å². The Hall–Kier alpha value is -1.74. The van der Waals surface area contributed by atoms with Gasteiger partial charge in [-0.25, -0.2) is 31.1 Å². The Morgan fingerprint density at radius 3 is 1.42 bits per heavy atom. The number of halogens is 6. The first-order valence-electron chi connectivity index (χ1n) is 4.46. The first kappa shape index (κ1) is 17.3. The molecule has 0 spiro atoms. The van der Waals surface area contributed by atoms with E-state index in [1.54, 1.807) is 0 Å². The SMILES string of the molecule is C=C(C(=O)O)C(C(=O)O)(C(F)(F)CF)C(F)(F)CF. The third kappa shape index (κ3) is 2.26. The van der Waals surface area contributed by atoms with Gasteiger partial charge in [0.1, 0.15) is 0 Å². The lowest BCUT2D eigenvalue weighted by Crippen LogP contribution is -2.63. The molecule has 0 aromatic carbocycles. The molecule has 0 aliphatic rings. The summed E-state index contributed by atoms with van der Waals surface area (Å²) in [7, 11) is 0. The Bertz CT molecular complexity index is 390. The van der Waals surface area contributed by atoms with Crippen LogP contribution in [0.1, 0.15) is 0 Å². The fourth-order valence-electron chi connectivity index (χ4n) is 1.51. The van der Waals surface area contributed by atoms with E-state index in [4.69, 9.17) is 10.2 Å². The van der Waals surface area contributed by atoms with Gasteiger partial charge in [0, 0.05) is 0 Å². The number of rotatable bonds is 7. The molecule has 0 aromatic rings. The molecule has 0 saturated heterocycles. The molecule has 0 rings (SSSR count). The second kappa shape index (κ2) is 5.10. The monoisotopic (exact) mass is 294 g/mol. The summed E-state index contributed by atoms with van der Waals surface area (Å²) >= 11 is 0. The smallest absolute Gasteiger partial charge is 0.332 e. The minimum Gasteiger partial charge on any atom is -0.480 e. The Morgan fingerprint density at radius 2 is 1.26 bits per heavy atom. The van der Waals surface area contributed by atoms with Gasteiger partial charge in [0.15, 0.2) is 13.3 Å². The number of carboxylic acid groups (broad SMARTS) is 2. The lowest BCUT2D eigenvalue weighted by atomic mass is 9.70. The Morgan fingerprint density at radius 1 is 0.947 bits per heavy atom. The normalized spacial score (nSPS) is 13.2. The van der Waals surface area contributed by atoms with Crippen molar-refractivity contribution in [2.24, 2.45) is 5.41 Å². The van der Waals surface area contributed by atoms with Gasteiger partial charge in [0.25, 0.3) is 0 Å². The summed E-state index contributed by atoms with van der Waals surface area (Å²) in [6.07, 6.45) is 0. The molecule has 0 aliphatic heterocycles. The molecule has 0 aromatic heterocycles. The van der Waals surface area contributed by atoms with E-state index in [2.05, 4.69) is 6.58 Å². The van der Waals surface area contributed by atoms with Crippen LogP contribution >= 0.6 is 0 Å². The number of carboxylic acids is 2. The Labute approximate surface area is 102 Å². The van der Waals surface area contributed by atoms with Crippen LogP contribution in [0.15, 0.2) is 12.2 Å². The summed E-state index contributed by atoms with van der Waals surface area (Å²) in [5, 5.41) is 17.0. The molecule has 0 aliphatic carbocycles. The fraction of sp³-hybridized carbons (Fsp3) is 0.556. The van der Waals surface area contributed by atoms with Crippen molar-refractivity contribution >= 4 is 11.9 Å². The summed E-state index contributed by atoms with van der Waals surface area (Å²) < 4.78 is 77.6. The zero-order chi connectivity index (χ0) is 15.6. The summed E-state index contributed by atoms with van der Waals surface area (Å²) in [6, 6.07) is 0. The first-order valence-corrected chi connectivity index (χ1v) is 4.46. The van der Waals surface area contributed by atoms with Crippen LogP contribution < -0.4 is 0 Å². The first-order chi connectivity index (χ1) is 8.42. The molecular weight excluding hydrogens is 286 g/mol. The van der Waals surface area contributed by atoms with E-state index >= 15 is 0 Å². The van der Waals surface area contributed by atoms with Crippen LogP contribution in [0.25, 0.3) is 0 Å². The molecule has 0 fully saturated rings. The number of carbonyl (C=O) groups is 2. The van der Waals surface area contributed by atoms with E-state index in [1.807, 2.05) is 0 Å². The van der Waals surface area contributed by atoms with Crippen molar-refractivity contribution in [3.8, 4) is 0 Å². The lowest BCUT2D eigenvalue weighted by Gasteiger charge is -2.39. The van der Waals surface area contributed by atoms with E-state index in [1.165, 1.54) is 0 Å². The predicted octanol–water partition coefficient (Wildman–Crippen LogP) is 1.91. The average molecular weight is 294 g/mol. The Balaban J connectivity index is 6.49. The third-order valence-electron chi connectivity index (χ3n) is 2.46. The van der Waals surface area contributed by atoms with Crippen LogP contribution in [0.4, 0.5) is 26.3 Å². The average Bonchev–Trinajstić information content (AvgIpc) is 2.28. The van der Waals surface area contributed by atoms with Gasteiger partial charge in [-0.2, -0.15) is 0 Å². The molecule has 2 N–H and O–H groups in total. The second-order valence-electron chi connectivity index (χ2n) is 3.52. The number of alkyl halides is 6. The van der Waals surface area contributed by atoms with E-state index in [9.17, 15) is 35.9 Å². The summed E-state index contributed by atoms with van der Waals surface area (Å²) in [5.41, 5.74) is -7.14. The number of hydrogen-bond donors (Lipinski definition) is 2. The zero-order valence-corrected chi connectivity index (χ0v) is 9.10. The molecular formula is C9H8F6O4. The summed E-state index contributed by atoms with van der Waals surface area (Å²) in [6.45, 7) is -3.56. The molecule has 19 heavy (non-hydrogen) atoms. The van der Waals surface area contributed by atoms with E-state index in [0.29, 0.717) is 0 Å². The van der Waals surface area contributed by atoms with E-state index < -0.39 is 48.1 Å². The van der Waals surface area contributed by atoms with Crippen LogP contribution in [-0.4, -0.2) is 47.3 Å². The summed E-state index contributed by atoms with van der Waals surface area (Å²) in [4.78, 5) is 21.3. The highest BCUT2D eigenvalue weighted by Gasteiger charge is 2.76. The van der Waals surface area contributed by atoms with Gasteiger partial charge in [-0.3, -0.25) is 4.79 Å². The highest BCUT2D eigenvalue weighted by molar-refractivity contribution is 5.97. The van der Waals surface area contributed by atoms with Crippen molar-refractivity contribution < 1.29 is 46.1 Å². The van der Waals surface area contributed by atoms with E-state index in [0.717, 1.165) is 0 Å². The molecule has 4 nitrogen and oxygen atoms in total. The Kier molecular flexibility index (Phi) is 4.63. The van der Waals surface area contributed by atoms with Crippen LogP contribution in [0, 0.1) is 5.41 Å². The van der Waals surface area contributed by atoms with Crippen LogP contribution in [0.2, 0.25) is 0 Å². The predicted molar refractivity (Wildman–Crippen MR) is 48.7 cm³/mol. The highest BCUT2D eigenvalue weighted by atomic mass is 19.3. The molecule has 0 radical (unpaired) electrons. The van der Waals surface area contributed by atoms with Gasteiger partial charge in [-0.05, 0) is 0 Å². The lowest BCUT2D eigenvalue weighted by molar-refractivity contribution is -0.239. The largest absolute Gasteiger partial charge is 0.480 e. The van der Waals surface area contributed by atoms with Crippen molar-refractivity contribution in [2.45, 2.75) is 11.8 Å². The molecule has 0 saturated carbocycles. The minimum atomic E-state index is -5.37. The zero-order valence-electron chi connectivity index (χ0n) is 9.10. The molecule has 0 atom stereocenters. The molecule has 0 heterocycles. The maximum atomic E-state index is 13.3. The van der Waals surface area contributed by atoms with Crippen LogP contribution in [0.3, 0.4) is 0 Å². The van der Waals surface area contributed by atoms with Crippen LogP contribution in [0.5, 0.6) is 0 Å². The van der Waals surface area contributed by atoms with Gasteiger partial charge in [-0.15, -0.1) is 0 Å². The topological polar surface area (TPSA) is 74.6 Å². The molecule has 0 amide bonds. The van der Waals surface area contributed by atoms with Gasteiger partial charge >= 0.3 is 23.8 Å². The molecule has 0 unspecified atom stereocenters. The standard InChI is InChI=1S/C9H8F6O4/c1-4(5(16)17)9(6(18)19,7(12,13)2-10)8(14,15)3-11/h1-3H2,(H,16,17)(H,18,19). The van der Waals surface area contributed by atoms with Gasteiger partial charge in [0.05, 0.1) is 5.57 Å². The van der Waals surface area contributed by atoms with Crippen molar-refractivity contribution in [3.05, 3.63) is 12.2 Å². The minimum absolute atomic E-state index is 2.22. The third-order valence-corrected chi connectivity index (χ3v) is 2.46. The molecule has 110 valence electrons.